The van der Waals surface area contributed by atoms with E-state index in [1.807, 2.05) is 17.7 Å². The second kappa shape index (κ2) is 4.98. The van der Waals surface area contributed by atoms with E-state index in [-0.39, 0.29) is 0 Å². The van der Waals surface area contributed by atoms with E-state index in [1.54, 1.807) is 42.7 Å². The van der Waals surface area contributed by atoms with Crippen molar-refractivity contribution in [2.24, 2.45) is 7.05 Å². The number of aromatic nitrogens is 2. The second-order valence-corrected chi connectivity index (χ2v) is 4.78. The maximum Gasteiger partial charge on any atom is 0.345 e. The highest BCUT2D eigenvalue weighted by atomic mass is 35.5. The Bertz CT molecular complexity index is 795. The minimum absolute atomic E-state index is 0.343. The minimum Gasteiger partial charge on any atom is -0.423 e. The molecule has 100 valence electrons. The average Bonchev–Trinajstić information content (AvgIpc) is 2.80. The molecule has 0 aliphatic rings. The van der Waals surface area contributed by atoms with Crippen molar-refractivity contribution in [1.29, 1.82) is 0 Å². The molecule has 0 saturated heterocycles. The SMILES string of the molecule is Cn1cnc2cc(OC(=O)c3ccccc3Cl)ccc21. The first kappa shape index (κ1) is 12.7. The van der Waals surface area contributed by atoms with Gasteiger partial charge in [0.2, 0.25) is 0 Å². The smallest absolute Gasteiger partial charge is 0.345 e. The van der Waals surface area contributed by atoms with Crippen LogP contribution in [0, 0.1) is 0 Å². The summed E-state index contributed by atoms with van der Waals surface area (Å²) in [7, 11) is 1.91. The van der Waals surface area contributed by atoms with Crippen LogP contribution in [0.1, 0.15) is 10.4 Å². The van der Waals surface area contributed by atoms with Gasteiger partial charge in [-0.25, -0.2) is 9.78 Å². The third-order valence-electron chi connectivity index (χ3n) is 3.00. The maximum absolute atomic E-state index is 12.0. The zero-order chi connectivity index (χ0) is 14.1. The number of esters is 1. The molecule has 0 radical (unpaired) electrons. The Balaban J connectivity index is 1.89. The molecule has 0 saturated carbocycles. The van der Waals surface area contributed by atoms with Gasteiger partial charge in [-0.3, -0.25) is 0 Å². The summed E-state index contributed by atoms with van der Waals surface area (Å²) in [6.45, 7) is 0. The third kappa shape index (κ3) is 2.26. The summed E-state index contributed by atoms with van der Waals surface area (Å²) in [6, 6.07) is 12.1. The van der Waals surface area contributed by atoms with Crippen molar-refractivity contribution < 1.29 is 9.53 Å². The predicted molar refractivity (Wildman–Crippen MR) is 77.1 cm³/mol. The molecule has 0 unspecified atom stereocenters. The lowest BCUT2D eigenvalue weighted by Gasteiger charge is -2.05. The Morgan fingerprint density at radius 2 is 2.05 bits per heavy atom. The number of hydrogen-bond acceptors (Lipinski definition) is 3. The molecule has 4 nitrogen and oxygen atoms in total. The van der Waals surface area contributed by atoms with E-state index in [4.69, 9.17) is 16.3 Å². The standard InChI is InChI=1S/C15H11ClN2O2/c1-18-9-17-13-8-10(6-7-14(13)18)20-15(19)11-4-2-3-5-12(11)16/h2-9H,1H3. The van der Waals surface area contributed by atoms with Crippen LogP contribution in [0.5, 0.6) is 5.75 Å². The molecule has 5 heteroatoms. The van der Waals surface area contributed by atoms with Gasteiger partial charge in [0.15, 0.2) is 0 Å². The number of rotatable bonds is 2. The van der Waals surface area contributed by atoms with E-state index in [9.17, 15) is 4.79 Å². The monoisotopic (exact) mass is 286 g/mol. The van der Waals surface area contributed by atoms with Crippen LogP contribution in [0.2, 0.25) is 5.02 Å². The molecular formula is C15H11ClN2O2. The lowest BCUT2D eigenvalue weighted by atomic mass is 10.2. The van der Waals surface area contributed by atoms with E-state index < -0.39 is 5.97 Å². The molecule has 20 heavy (non-hydrogen) atoms. The third-order valence-corrected chi connectivity index (χ3v) is 3.33. The van der Waals surface area contributed by atoms with Crippen LogP contribution >= 0.6 is 11.6 Å². The van der Waals surface area contributed by atoms with Gasteiger partial charge >= 0.3 is 5.97 Å². The minimum atomic E-state index is -0.481. The van der Waals surface area contributed by atoms with Crippen molar-refractivity contribution in [3.63, 3.8) is 0 Å². The van der Waals surface area contributed by atoms with Gasteiger partial charge in [0, 0.05) is 13.1 Å². The first-order chi connectivity index (χ1) is 9.65. The number of fused-ring (bicyclic) bond motifs is 1. The second-order valence-electron chi connectivity index (χ2n) is 4.38. The van der Waals surface area contributed by atoms with Crippen LogP contribution in [-0.4, -0.2) is 15.5 Å². The van der Waals surface area contributed by atoms with Gasteiger partial charge in [-0.2, -0.15) is 0 Å². The summed E-state index contributed by atoms with van der Waals surface area (Å²) >= 11 is 5.97. The van der Waals surface area contributed by atoms with Gasteiger partial charge in [0.1, 0.15) is 5.75 Å². The molecule has 0 N–H and O–H groups in total. The molecule has 0 aliphatic heterocycles. The largest absolute Gasteiger partial charge is 0.423 e. The molecule has 0 bridgehead atoms. The molecule has 3 rings (SSSR count). The molecule has 3 aromatic rings. The summed E-state index contributed by atoms with van der Waals surface area (Å²) in [4.78, 5) is 16.3. The quantitative estimate of drug-likeness (QED) is 0.535. The fourth-order valence-corrected chi connectivity index (χ4v) is 2.18. The average molecular weight is 287 g/mol. The highest BCUT2D eigenvalue weighted by Crippen LogP contribution is 2.22. The lowest BCUT2D eigenvalue weighted by molar-refractivity contribution is 0.0735. The van der Waals surface area contributed by atoms with Crippen molar-refractivity contribution in [2.75, 3.05) is 0 Å². The number of imidazole rings is 1. The number of carbonyl (C=O) groups excluding carboxylic acids is 1. The van der Waals surface area contributed by atoms with Gasteiger partial charge in [-0.1, -0.05) is 23.7 Å². The summed E-state index contributed by atoms with van der Waals surface area (Å²) in [6.07, 6.45) is 1.71. The molecule has 1 heterocycles. The van der Waals surface area contributed by atoms with E-state index in [0.29, 0.717) is 16.3 Å². The van der Waals surface area contributed by atoms with Gasteiger partial charge in [-0.15, -0.1) is 0 Å². The number of nitrogens with zero attached hydrogens (tertiary/aromatic N) is 2. The molecule has 2 aromatic carbocycles. The zero-order valence-electron chi connectivity index (χ0n) is 10.7. The summed E-state index contributed by atoms with van der Waals surface area (Å²) in [5, 5.41) is 0.372. The van der Waals surface area contributed by atoms with Gasteiger partial charge < -0.3 is 9.30 Å². The van der Waals surface area contributed by atoms with Crippen molar-refractivity contribution in [3.8, 4) is 5.75 Å². The van der Waals surface area contributed by atoms with Crippen LogP contribution in [0.15, 0.2) is 48.8 Å². The first-order valence-corrected chi connectivity index (χ1v) is 6.41. The topological polar surface area (TPSA) is 44.1 Å². The molecular weight excluding hydrogens is 276 g/mol. The van der Waals surface area contributed by atoms with Crippen molar-refractivity contribution in [2.45, 2.75) is 0 Å². The zero-order valence-corrected chi connectivity index (χ0v) is 11.5. The Morgan fingerprint density at radius 3 is 2.85 bits per heavy atom. The molecule has 1 aromatic heterocycles. The fraction of sp³-hybridized carbons (Fsp3) is 0.0667. The summed E-state index contributed by atoms with van der Waals surface area (Å²) in [5.41, 5.74) is 2.09. The number of aryl methyl sites for hydroxylation is 1. The first-order valence-electron chi connectivity index (χ1n) is 6.03. The molecule has 0 fully saturated rings. The van der Waals surface area contributed by atoms with Crippen LogP contribution in [0.3, 0.4) is 0 Å². The van der Waals surface area contributed by atoms with E-state index in [1.165, 1.54) is 0 Å². The van der Waals surface area contributed by atoms with Crippen LogP contribution in [-0.2, 0) is 7.05 Å². The summed E-state index contributed by atoms with van der Waals surface area (Å²) in [5.74, 6) is -0.0352. The number of halogens is 1. The van der Waals surface area contributed by atoms with E-state index in [2.05, 4.69) is 4.98 Å². The van der Waals surface area contributed by atoms with Crippen LogP contribution < -0.4 is 4.74 Å². The van der Waals surface area contributed by atoms with Crippen molar-refractivity contribution in [1.82, 2.24) is 9.55 Å². The normalized spacial score (nSPS) is 10.7. The van der Waals surface area contributed by atoms with E-state index >= 15 is 0 Å². The fourth-order valence-electron chi connectivity index (χ4n) is 1.97. The Morgan fingerprint density at radius 1 is 1.25 bits per heavy atom. The van der Waals surface area contributed by atoms with E-state index in [0.717, 1.165) is 11.0 Å². The number of carbonyl (C=O) groups is 1. The summed E-state index contributed by atoms with van der Waals surface area (Å²) < 4.78 is 7.22. The predicted octanol–water partition coefficient (Wildman–Crippen LogP) is 3.45. The van der Waals surface area contributed by atoms with Crippen molar-refractivity contribution in [3.05, 3.63) is 59.4 Å². The number of ether oxygens (including phenoxy) is 1. The lowest BCUT2D eigenvalue weighted by Crippen LogP contribution is -2.08. The Labute approximate surface area is 120 Å². The molecule has 0 amide bonds. The van der Waals surface area contributed by atoms with Crippen LogP contribution in [0.25, 0.3) is 11.0 Å². The van der Waals surface area contributed by atoms with Crippen molar-refractivity contribution >= 4 is 28.6 Å². The number of benzene rings is 2. The molecule has 0 spiro atoms. The highest BCUT2D eigenvalue weighted by Gasteiger charge is 2.12. The van der Waals surface area contributed by atoms with Crippen LogP contribution in [0.4, 0.5) is 0 Å². The molecule has 0 aliphatic carbocycles. The highest BCUT2D eigenvalue weighted by molar-refractivity contribution is 6.33. The van der Waals surface area contributed by atoms with Gasteiger partial charge in [0.05, 0.1) is 27.9 Å². The maximum atomic E-state index is 12.0. The Kier molecular flexibility index (Phi) is 3.16. The number of hydrogen-bond donors (Lipinski definition) is 0. The van der Waals surface area contributed by atoms with Gasteiger partial charge in [0.25, 0.3) is 0 Å². The molecule has 0 atom stereocenters. The van der Waals surface area contributed by atoms with Gasteiger partial charge in [-0.05, 0) is 24.3 Å². The Hall–Kier alpha value is -2.33.